The van der Waals surface area contributed by atoms with Crippen LogP contribution in [0.25, 0.3) is 0 Å². The van der Waals surface area contributed by atoms with Crippen LogP contribution in [0, 0.1) is 0 Å². The third-order valence-electron chi connectivity index (χ3n) is 3.37. The molecule has 2 aromatic heterocycles. The molecule has 1 saturated carbocycles. The quantitative estimate of drug-likeness (QED) is 0.876. The summed E-state index contributed by atoms with van der Waals surface area (Å²) in [5, 5.41) is 10.5. The predicted molar refractivity (Wildman–Crippen MR) is 67.1 cm³/mol. The molecule has 96 valence electrons. The highest BCUT2D eigenvalue weighted by Gasteiger charge is 2.29. The molecule has 0 aliphatic heterocycles. The minimum atomic E-state index is -0.686. The number of aryl methyl sites for hydroxylation is 1. The Morgan fingerprint density at radius 3 is 3.06 bits per heavy atom. The highest BCUT2D eigenvalue weighted by molar-refractivity contribution is 5.15. The number of hydrogen-bond acceptors (Lipinski definition) is 3. The summed E-state index contributed by atoms with van der Waals surface area (Å²) in [6.07, 6.45) is 9.91. The van der Waals surface area contributed by atoms with E-state index in [1.165, 1.54) is 12.8 Å². The van der Waals surface area contributed by atoms with Gasteiger partial charge in [-0.15, -0.1) is 0 Å². The average molecular weight is 246 g/mol. The van der Waals surface area contributed by atoms with Crippen molar-refractivity contribution in [3.63, 3.8) is 0 Å². The Balaban J connectivity index is 1.90. The van der Waals surface area contributed by atoms with Crippen molar-refractivity contribution in [3.8, 4) is 0 Å². The predicted octanol–water partition coefficient (Wildman–Crippen LogP) is 1.91. The lowest BCUT2D eigenvalue weighted by Gasteiger charge is -2.14. The van der Waals surface area contributed by atoms with Crippen LogP contribution in [0.1, 0.15) is 49.9 Å². The van der Waals surface area contributed by atoms with Crippen molar-refractivity contribution >= 4 is 0 Å². The van der Waals surface area contributed by atoms with E-state index in [4.69, 9.17) is 0 Å². The van der Waals surface area contributed by atoms with E-state index in [-0.39, 0.29) is 0 Å². The first-order valence-electron chi connectivity index (χ1n) is 6.52. The minimum Gasteiger partial charge on any atom is -0.379 e. The average Bonchev–Trinajstić information content (AvgIpc) is 2.92. The number of aliphatic hydroxyl groups is 1. The molecule has 0 bridgehead atoms. The first kappa shape index (κ1) is 11.5. The van der Waals surface area contributed by atoms with Crippen LogP contribution in [-0.4, -0.2) is 24.2 Å². The molecule has 0 aromatic carbocycles. The minimum absolute atomic E-state index is 0.520. The van der Waals surface area contributed by atoms with Crippen LogP contribution in [-0.2, 0) is 6.54 Å². The Bertz CT molecular complexity index is 527. The molecule has 0 radical (unpaired) electrons. The molecule has 18 heavy (non-hydrogen) atoms. The smallest absolute Gasteiger partial charge is 0.153 e. The third kappa shape index (κ3) is 1.95. The van der Waals surface area contributed by atoms with E-state index < -0.39 is 6.10 Å². The molecule has 1 N–H and O–H groups in total. The fourth-order valence-corrected chi connectivity index (χ4v) is 2.32. The number of hydrogen-bond donors (Lipinski definition) is 1. The van der Waals surface area contributed by atoms with Crippen LogP contribution < -0.4 is 0 Å². The second kappa shape index (κ2) is 4.57. The van der Waals surface area contributed by atoms with Crippen LogP contribution in [0.3, 0.4) is 0 Å². The van der Waals surface area contributed by atoms with Gasteiger partial charge < -0.3 is 14.2 Å². The molecule has 0 saturated heterocycles. The van der Waals surface area contributed by atoms with E-state index in [1.807, 2.05) is 17.1 Å². The van der Waals surface area contributed by atoms with Crippen molar-refractivity contribution in [2.75, 3.05) is 0 Å². The largest absolute Gasteiger partial charge is 0.379 e. The fourth-order valence-electron chi connectivity index (χ4n) is 2.32. The molecule has 5 nitrogen and oxygen atoms in total. The maximum Gasteiger partial charge on any atom is 0.153 e. The van der Waals surface area contributed by atoms with Gasteiger partial charge in [0.2, 0.25) is 0 Å². The lowest BCUT2D eigenvalue weighted by molar-refractivity contribution is 0.194. The fraction of sp³-hybridized carbons (Fsp3) is 0.538. The summed E-state index contributed by atoms with van der Waals surface area (Å²) in [5.41, 5.74) is 0.848. The molecule has 2 heterocycles. The maximum atomic E-state index is 10.5. The van der Waals surface area contributed by atoms with Gasteiger partial charge in [0.05, 0.1) is 18.2 Å². The van der Waals surface area contributed by atoms with E-state index in [0.717, 1.165) is 18.7 Å². The van der Waals surface area contributed by atoms with Crippen molar-refractivity contribution in [2.24, 2.45) is 0 Å². The number of aromatic nitrogens is 4. The highest BCUT2D eigenvalue weighted by atomic mass is 16.3. The van der Waals surface area contributed by atoms with E-state index >= 15 is 0 Å². The van der Waals surface area contributed by atoms with Crippen molar-refractivity contribution in [1.29, 1.82) is 0 Å². The summed E-state index contributed by atoms with van der Waals surface area (Å²) in [6.45, 7) is 2.99. The number of aliphatic hydroxyl groups excluding tert-OH is 1. The Hall–Kier alpha value is -1.62. The van der Waals surface area contributed by atoms with Crippen molar-refractivity contribution in [3.05, 3.63) is 36.4 Å². The van der Waals surface area contributed by atoms with Crippen molar-refractivity contribution < 1.29 is 5.11 Å². The van der Waals surface area contributed by atoms with Gasteiger partial charge in [-0.25, -0.2) is 9.97 Å². The standard InChI is InChI=1S/C13H18N4O/c1-2-6-16-7-5-15-13(16)12(18)11-8-14-9-17(11)10-3-4-10/h5,7-10,12,18H,2-4,6H2,1H3. The van der Waals surface area contributed by atoms with Crippen LogP contribution in [0.15, 0.2) is 24.9 Å². The summed E-state index contributed by atoms with van der Waals surface area (Å²) >= 11 is 0. The zero-order valence-corrected chi connectivity index (χ0v) is 10.5. The molecule has 1 fully saturated rings. The molecular weight excluding hydrogens is 228 g/mol. The van der Waals surface area contributed by atoms with Crippen molar-refractivity contribution in [2.45, 2.75) is 44.9 Å². The second-order valence-corrected chi connectivity index (χ2v) is 4.84. The Morgan fingerprint density at radius 1 is 1.50 bits per heavy atom. The first-order chi connectivity index (χ1) is 8.81. The summed E-state index contributed by atoms with van der Waals surface area (Å²) in [7, 11) is 0. The Morgan fingerprint density at radius 2 is 2.33 bits per heavy atom. The first-order valence-corrected chi connectivity index (χ1v) is 6.52. The topological polar surface area (TPSA) is 55.9 Å². The summed E-state index contributed by atoms with van der Waals surface area (Å²) in [5.74, 6) is 0.708. The van der Waals surface area contributed by atoms with Gasteiger partial charge in [-0.05, 0) is 19.3 Å². The van der Waals surface area contributed by atoms with Gasteiger partial charge in [0.15, 0.2) is 6.10 Å². The van der Waals surface area contributed by atoms with Crippen LogP contribution >= 0.6 is 0 Å². The van der Waals surface area contributed by atoms with Crippen LogP contribution in [0.4, 0.5) is 0 Å². The van der Waals surface area contributed by atoms with Crippen molar-refractivity contribution in [1.82, 2.24) is 19.1 Å². The molecule has 0 amide bonds. The maximum absolute atomic E-state index is 10.5. The normalized spacial score (nSPS) is 17.0. The van der Waals surface area contributed by atoms with E-state index in [9.17, 15) is 5.11 Å². The Labute approximate surface area is 106 Å². The van der Waals surface area contributed by atoms with Gasteiger partial charge in [0, 0.05) is 25.0 Å². The van der Waals surface area contributed by atoms with Gasteiger partial charge >= 0.3 is 0 Å². The monoisotopic (exact) mass is 246 g/mol. The van der Waals surface area contributed by atoms with E-state index in [2.05, 4.69) is 21.5 Å². The molecule has 2 aromatic rings. The number of nitrogens with zero attached hydrogens (tertiary/aromatic N) is 4. The molecule has 3 rings (SSSR count). The van der Waals surface area contributed by atoms with Gasteiger partial charge in [-0.1, -0.05) is 6.92 Å². The SMILES string of the molecule is CCCn1ccnc1C(O)c1cncn1C1CC1. The van der Waals surface area contributed by atoms with Gasteiger partial charge in [0.25, 0.3) is 0 Å². The molecule has 1 aliphatic rings. The summed E-state index contributed by atoms with van der Waals surface area (Å²) in [6, 6.07) is 0.520. The third-order valence-corrected chi connectivity index (χ3v) is 3.37. The molecular formula is C13H18N4O. The van der Waals surface area contributed by atoms with Gasteiger partial charge in [-0.3, -0.25) is 0 Å². The summed E-state index contributed by atoms with van der Waals surface area (Å²) < 4.78 is 4.09. The summed E-state index contributed by atoms with van der Waals surface area (Å²) in [4.78, 5) is 8.44. The Kier molecular flexibility index (Phi) is 2.91. The zero-order valence-electron chi connectivity index (χ0n) is 10.5. The number of rotatable bonds is 5. The molecule has 1 aliphatic carbocycles. The lowest BCUT2D eigenvalue weighted by atomic mass is 10.2. The molecule has 5 heteroatoms. The highest BCUT2D eigenvalue weighted by Crippen LogP contribution is 2.37. The van der Waals surface area contributed by atoms with E-state index in [0.29, 0.717) is 11.9 Å². The van der Waals surface area contributed by atoms with E-state index in [1.54, 1.807) is 12.4 Å². The van der Waals surface area contributed by atoms with Gasteiger partial charge in [-0.2, -0.15) is 0 Å². The molecule has 1 unspecified atom stereocenters. The molecule has 1 atom stereocenters. The molecule has 0 spiro atoms. The van der Waals surface area contributed by atoms with Crippen LogP contribution in [0.2, 0.25) is 0 Å². The zero-order chi connectivity index (χ0) is 12.5. The lowest BCUT2D eigenvalue weighted by Crippen LogP contribution is -2.13. The second-order valence-electron chi connectivity index (χ2n) is 4.84. The van der Waals surface area contributed by atoms with Gasteiger partial charge in [0.1, 0.15) is 5.82 Å². The van der Waals surface area contributed by atoms with Crippen LogP contribution in [0.5, 0.6) is 0 Å². The number of imidazole rings is 2.